The predicted molar refractivity (Wildman–Crippen MR) is 96.5 cm³/mol. The molecule has 0 aliphatic carbocycles. The van der Waals surface area contributed by atoms with Crippen molar-refractivity contribution in [3.05, 3.63) is 91.0 Å². The molecule has 0 bridgehead atoms. The molecule has 0 radical (unpaired) electrons. The second kappa shape index (κ2) is 9.35. The molecule has 2 aromatic rings. The van der Waals surface area contributed by atoms with Gasteiger partial charge in [0.1, 0.15) is 6.10 Å². The van der Waals surface area contributed by atoms with Crippen LogP contribution in [0.1, 0.15) is 23.7 Å². The number of hydrogen-bond acceptors (Lipinski definition) is 4. The Balaban J connectivity index is 0.000000236. The lowest BCUT2D eigenvalue weighted by Gasteiger charge is -2.16. The smallest absolute Gasteiger partial charge is 0.343 e. The molecule has 4 nitrogen and oxygen atoms in total. The van der Waals surface area contributed by atoms with Gasteiger partial charge >= 0.3 is 11.9 Å². The number of hydrogen-bond donors (Lipinski definition) is 0. The normalized spacial score (nSPS) is 17.0. The van der Waals surface area contributed by atoms with Crippen molar-refractivity contribution in [3.8, 4) is 0 Å². The predicted octanol–water partition coefficient (Wildman–Crippen LogP) is 4.10. The third kappa shape index (κ3) is 5.55. The maximum atomic E-state index is 11.3. The summed E-state index contributed by atoms with van der Waals surface area (Å²) in [5, 5.41) is 0. The zero-order chi connectivity index (χ0) is 18.1. The maximum absolute atomic E-state index is 11.3. The van der Waals surface area contributed by atoms with Crippen LogP contribution in [0, 0.1) is 0 Å². The fourth-order valence-electron chi connectivity index (χ4n) is 2.24. The minimum atomic E-state index is -0.828. The molecule has 2 aromatic carbocycles. The van der Waals surface area contributed by atoms with Crippen LogP contribution in [0.2, 0.25) is 0 Å². The third-order valence-corrected chi connectivity index (χ3v) is 3.52. The summed E-state index contributed by atoms with van der Waals surface area (Å²) >= 11 is 0. The number of carbonyl (C=O) groups excluding carboxylic acids is 2. The van der Waals surface area contributed by atoms with Crippen molar-refractivity contribution in [2.24, 2.45) is 0 Å². The van der Waals surface area contributed by atoms with Gasteiger partial charge in [0.05, 0.1) is 6.42 Å². The van der Waals surface area contributed by atoms with Gasteiger partial charge in [-0.05, 0) is 11.1 Å². The summed E-state index contributed by atoms with van der Waals surface area (Å²) in [5.41, 5.74) is 2.06. The van der Waals surface area contributed by atoms with Gasteiger partial charge in [-0.25, -0.2) is 4.79 Å². The van der Waals surface area contributed by atoms with Crippen LogP contribution < -0.4 is 0 Å². The summed E-state index contributed by atoms with van der Waals surface area (Å²) in [6.45, 7) is 7.29. The molecule has 2 unspecified atom stereocenters. The Hall–Kier alpha value is -2.98. The zero-order valence-corrected chi connectivity index (χ0v) is 13.8. The summed E-state index contributed by atoms with van der Waals surface area (Å²) in [6.07, 6.45) is 2.15. The third-order valence-electron chi connectivity index (χ3n) is 3.52. The summed E-state index contributed by atoms with van der Waals surface area (Å²) in [6, 6.07) is 19.4. The molecular formula is C21H20O4. The van der Waals surface area contributed by atoms with Crippen LogP contribution >= 0.6 is 0 Å². The van der Waals surface area contributed by atoms with Crippen molar-refractivity contribution in [1.82, 2.24) is 0 Å². The van der Waals surface area contributed by atoms with Gasteiger partial charge in [0.2, 0.25) is 0 Å². The summed E-state index contributed by atoms with van der Waals surface area (Å²) < 4.78 is 9.93. The molecular weight excluding hydrogens is 316 g/mol. The number of rotatable bonds is 5. The first kappa shape index (κ1) is 18.4. The molecule has 1 aliphatic heterocycles. The van der Waals surface area contributed by atoms with Crippen LogP contribution in [0.15, 0.2) is 79.9 Å². The Morgan fingerprint density at radius 3 is 2.04 bits per heavy atom. The van der Waals surface area contributed by atoms with E-state index in [1.807, 2.05) is 66.7 Å². The molecule has 3 rings (SSSR count). The first-order chi connectivity index (χ1) is 12.1. The Morgan fingerprint density at radius 1 is 1.00 bits per heavy atom. The molecule has 2 atom stereocenters. The molecule has 1 aliphatic rings. The van der Waals surface area contributed by atoms with Gasteiger partial charge in [-0.3, -0.25) is 4.79 Å². The SMILES string of the molecule is C=CC(OC1CC(=O)OC1=O)c1ccccc1.C=Cc1ccccc1. The summed E-state index contributed by atoms with van der Waals surface area (Å²) in [4.78, 5) is 22.2. The van der Waals surface area contributed by atoms with Gasteiger partial charge in [0.25, 0.3) is 0 Å². The van der Waals surface area contributed by atoms with E-state index in [1.54, 1.807) is 6.08 Å². The van der Waals surface area contributed by atoms with Crippen LogP contribution in [0.3, 0.4) is 0 Å². The molecule has 0 N–H and O–H groups in total. The van der Waals surface area contributed by atoms with E-state index in [0.717, 1.165) is 5.56 Å². The van der Waals surface area contributed by atoms with Crippen molar-refractivity contribution in [2.75, 3.05) is 0 Å². The maximum Gasteiger partial charge on any atom is 0.343 e. The first-order valence-corrected chi connectivity index (χ1v) is 7.89. The van der Waals surface area contributed by atoms with Crippen LogP contribution in [0.25, 0.3) is 6.08 Å². The van der Waals surface area contributed by atoms with E-state index in [9.17, 15) is 9.59 Å². The van der Waals surface area contributed by atoms with Crippen LogP contribution in [-0.4, -0.2) is 18.0 Å². The molecule has 4 heteroatoms. The van der Waals surface area contributed by atoms with Gasteiger partial charge in [-0.2, -0.15) is 0 Å². The zero-order valence-electron chi connectivity index (χ0n) is 13.8. The Morgan fingerprint density at radius 2 is 1.60 bits per heavy atom. The highest BCUT2D eigenvalue weighted by Gasteiger charge is 2.35. The minimum Gasteiger partial charge on any atom is -0.391 e. The standard InChI is InChI=1S/C13H12O4.C8H8/c1-2-10(9-6-4-3-5-7-9)16-11-8-12(14)17-13(11)15;1-2-8-6-4-3-5-7-8/h2-7,10-11H,1,8H2;2-7H,1H2. The first-order valence-electron chi connectivity index (χ1n) is 7.89. The van der Waals surface area contributed by atoms with E-state index in [4.69, 9.17) is 4.74 Å². The van der Waals surface area contributed by atoms with Crippen molar-refractivity contribution >= 4 is 18.0 Å². The molecule has 1 saturated heterocycles. The lowest BCUT2D eigenvalue weighted by Crippen LogP contribution is -2.20. The lowest BCUT2D eigenvalue weighted by molar-refractivity contribution is -0.156. The Labute approximate surface area is 147 Å². The Kier molecular flexibility index (Phi) is 6.87. The largest absolute Gasteiger partial charge is 0.391 e. The van der Waals surface area contributed by atoms with Gasteiger partial charge in [-0.15, -0.1) is 6.58 Å². The monoisotopic (exact) mass is 336 g/mol. The molecule has 0 aromatic heterocycles. The fourth-order valence-corrected chi connectivity index (χ4v) is 2.24. The van der Waals surface area contributed by atoms with Crippen molar-refractivity contribution in [3.63, 3.8) is 0 Å². The van der Waals surface area contributed by atoms with Gasteiger partial charge in [-0.1, -0.05) is 79.4 Å². The van der Waals surface area contributed by atoms with E-state index in [0.29, 0.717) is 0 Å². The number of carbonyl (C=O) groups is 2. The number of esters is 2. The average Bonchev–Trinajstić information content (AvgIpc) is 2.98. The number of cyclic esters (lactones) is 2. The molecule has 1 fully saturated rings. The topological polar surface area (TPSA) is 52.6 Å². The van der Waals surface area contributed by atoms with Crippen molar-refractivity contribution < 1.29 is 19.1 Å². The highest BCUT2D eigenvalue weighted by atomic mass is 16.6. The summed E-state index contributed by atoms with van der Waals surface area (Å²) in [5.74, 6) is -1.17. The van der Waals surface area contributed by atoms with Crippen molar-refractivity contribution in [1.29, 1.82) is 0 Å². The van der Waals surface area contributed by atoms with Crippen LogP contribution in [-0.2, 0) is 19.1 Å². The molecule has 0 saturated carbocycles. The van der Waals surface area contributed by atoms with Gasteiger partial charge < -0.3 is 9.47 Å². The summed E-state index contributed by atoms with van der Waals surface area (Å²) in [7, 11) is 0. The number of benzene rings is 2. The van der Waals surface area contributed by atoms with E-state index in [1.165, 1.54) is 5.56 Å². The van der Waals surface area contributed by atoms with E-state index >= 15 is 0 Å². The van der Waals surface area contributed by atoms with E-state index in [2.05, 4.69) is 17.9 Å². The van der Waals surface area contributed by atoms with Crippen LogP contribution in [0.4, 0.5) is 0 Å². The lowest BCUT2D eigenvalue weighted by atomic mass is 10.1. The molecule has 0 spiro atoms. The van der Waals surface area contributed by atoms with Crippen molar-refractivity contribution in [2.45, 2.75) is 18.6 Å². The molecule has 0 amide bonds. The molecule has 128 valence electrons. The molecule has 1 heterocycles. The Bertz CT molecular complexity index is 722. The quantitative estimate of drug-likeness (QED) is 0.468. The van der Waals surface area contributed by atoms with Gasteiger partial charge in [0, 0.05) is 0 Å². The highest BCUT2D eigenvalue weighted by molar-refractivity contribution is 5.96. The van der Waals surface area contributed by atoms with E-state index < -0.39 is 24.1 Å². The fraction of sp³-hybridized carbons (Fsp3) is 0.143. The van der Waals surface area contributed by atoms with Crippen LogP contribution in [0.5, 0.6) is 0 Å². The van der Waals surface area contributed by atoms with Gasteiger partial charge in [0.15, 0.2) is 6.10 Å². The second-order valence-electron chi connectivity index (χ2n) is 5.30. The minimum absolute atomic E-state index is 0.0317. The number of ether oxygens (including phenoxy) is 2. The molecule has 25 heavy (non-hydrogen) atoms. The van der Waals surface area contributed by atoms with E-state index in [-0.39, 0.29) is 6.42 Å². The average molecular weight is 336 g/mol. The highest BCUT2D eigenvalue weighted by Crippen LogP contribution is 2.24. The second-order valence-corrected chi connectivity index (χ2v) is 5.30.